The molecule has 28 heavy (non-hydrogen) atoms. The smallest absolute Gasteiger partial charge is 0.314 e. The van der Waals surface area contributed by atoms with Crippen LogP contribution in [0, 0.1) is 0 Å². The Morgan fingerprint density at radius 3 is 2.21 bits per heavy atom. The lowest BCUT2D eigenvalue weighted by atomic mass is 10.1. The van der Waals surface area contributed by atoms with E-state index < -0.39 is 11.8 Å². The molecule has 1 aromatic heterocycles. The molecule has 0 aliphatic heterocycles. The number of amides is 2. The summed E-state index contributed by atoms with van der Waals surface area (Å²) < 4.78 is 10.6. The van der Waals surface area contributed by atoms with Gasteiger partial charge in [-0.1, -0.05) is 0 Å². The molecule has 2 N–H and O–H groups in total. The number of hydrogen-bond acceptors (Lipinski definition) is 6. The lowest BCUT2D eigenvalue weighted by Crippen LogP contribution is -2.29. The summed E-state index contributed by atoms with van der Waals surface area (Å²) >= 11 is 0. The highest BCUT2D eigenvalue weighted by Crippen LogP contribution is 2.32. The third-order valence-electron chi connectivity index (χ3n) is 4.00. The van der Waals surface area contributed by atoms with E-state index in [0.717, 1.165) is 5.69 Å². The third kappa shape index (κ3) is 4.29. The first-order valence-corrected chi connectivity index (χ1v) is 8.44. The number of oxazole rings is 1. The molecule has 2 amide bonds. The van der Waals surface area contributed by atoms with Gasteiger partial charge in [-0.25, -0.2) is 4.98 Å². The zero-order valence-electron chi connectivity index (χ0n) is 15.7. The molecule has 8 heteroatoms. The van der Waals surface area contributed by atoms with Gasteiger partial charge >= 0.3 is 11.8 Å². The van der Waals surface area contributed by atoms with Crippen molar-refractivity contribution in [2.45, 2.75) is 0 Å². The molecular formula is C20H20N4O4. The van der Waals surface area contributed by atoms with E-state index in [4.69, 9.17) is 9.15 Å². The minimum absolute atomic E-state index is 0.420. The molecule has 0 aliphatic rings. The van der Waals surface area contributed by atoms with Crippen LogP contribution in [-0.2, 0) is 9.59 Å². The number of carbonyl (C=O) groups excluding carboxylic acids is 2. The molecule has 0 aliphatic carbocycles. The Labute approximate surface area is 162 Å². The molecule has 0 spiro atoms. The quantitative estimate of drug-likeness (QED) is 0.661. The van der Waals surface area contributed by atoms with Crippen molar-refractivity contribution in [2.75, 3.05) is 36.7 Å². The van der Waals surface area contributed by atoms with Crippen LogP contribution in [0.15, 0.2) is 59.5 Å². The first-order valence-electron chi connectivity index (χ1n) is 8.44. The maximum absolute atomic E-state index is 12.2. The second-order valence-corrected chi connectivity index (χ2v) is 6.13. The highest BCUT2D eigenvalue weighted by atomic mass is 16.5. The largest absolute Gasteiger partial charge is 0.496 e. The number of benzene rings is 2. The molecule has 3 aromatic rings. The summed E-state index contributed by atoms with van der Waals surface area (Å²) in [5.74, 6) is -0.537. The molecule has 1 heterocycles. The summed E-state index contributed by atoms with van der Waals surface area (Å²) in [4.78, 5) is 30.2. The normalized spacial score (nSPS) is 10.2. The maximum Gasteiger partial charge on any atom is 0.314 e. The Morgan fingerprint density at radius 1 is 1.00 bits per heavy atom. The first kappa shape index (κ1) is 19.0. The van der Waals surface area contributed by atoms with Crippen molar-refractivity contribution in [2.24, 2.45) is 0 Å². The fraction of sp³-hybridized carbons (Fsp3) is 0.150. The van der Waals surface area contributed by atoms with Crippen molar-refractivity contribution in [1.82, 2.24) is 4.98 Å². The predicted molar refractivity (Wildman–Crippen MR) is 107 cm³/mol. The molecule has 0 unspecified atom stereocenters. The van der Waals surface area contributed by atoms with Gasteiger partial charge in [0.2, 0.25) is 0 Å². The van der Waals surface area contributed by atoms with E-state index in [0.29, 0.717) is 28.4 Å². The van der Waals surface area contributed by atoms with Gasteiger partial charge in [0.15, 0.2) is 12.2 Å². The molecule has 0 bridgehead atoms. The van der Waals surface area contributed by atoms with Crippen molar-refractivity contribution in [3.05, 3.63) is 55.1 Å². The molecule has 0 saturated carbocycles. The zero-order chi connectivity index (χ0) is 20.1. The standard InChI is InChI=1S/C20H20N4O4/c1-24(2)15-7-4-13(5-8-15)22-19(25)20(26)23-14-6-9-16(17(10-14)27-3)18-11-21-12-28-18/h4-12H,1-3H3,(H,22,25)(H,23,26). The minimum Gasteiger partial charge on any atom is -0.496 e. The topological polar surface area (TPSA) is 96.7 Å². The number of methoxy groups -OCH3 is 1. The number of ether oxygens (including phenoxy) is 1. The molecule has 0 radical (unpaired) electrons. The number of anilines is 3. The summed E-state index contributed by atoms with van der Waals surface area (Å²) in [6.45, 7) is 0. The van der Waals surface area contributed by atoms with Crippen LogP contribution in [0.1, 0.15) is 0 Å². The Bertz CT molecular complexity index is 966. The number of nitrogens with zero attached hydrogens (tertiary/aromatic N) is 2. The van der Waals surface area contributed by atoms with E-state index in [9.17, 15) is 9.59 Å². The molecule has 8 nitrogen and oxygen atoms in total. The van der Waals surface area contributed by atoms with Crippen LogP contribution in [-0.4, -0.2) is 38.0 Å². The summed E-state index contributed by atoms with van der Waals surface area (Å²) in [6, 6.07) is 12.1. The maximum atomic E-state index is 12.2. The van der Waals surface area contributed by atoms with Crippen LogP contribution in [0.4, 0.5) is 17.1 Å². The van der Waals surface area contributed by atoms with Crippen molar-refractivity contribution < 1.29 is 18.7 Å². The van der Waals surface area contributed by atoms with Crippen LogP contribution < -0.4 is 20.3 Å². The monoisotopic (exact) mass is 380 g/mol. The fourth-order valence-electron chi connectivity index (χ4n) is 2.54. The molecule has 0 fully saturated rings. The Morgan fingerprint density at radius 2 is 1.64 bits per heavy atom. The van der Waals surface area contributed by atoms with Crippen LogP contribution in [0.25, 0.3) is 11.3 Å². The van der Waals surface area contributed by atoms with Crippen molar-refractivity contribution >= 4 is 28.9 Å². The predicted octanol–water partition coefficient (Wildman–Crippen LogP) is 2.99. The van der Waals surface area contributed by atoms with Crippen molar-refractivity contribution in [3.8, 4) is 17.1 Å². The minimum atomic E-state index is -0.786. The van der Waals surface area contributed by atoms with E-state index in [2.05, 4.69) is 15.6 Å². The number of aromatic nitrogens is 1. The summed E-state index contributed by atoms with van der Waals surface area (Å²) in [5.41, 5.74) is 2.62. The van der Waals surface area contributed by atoms with Crippen molar-refractivity contribution in [1.29, 1.82) is 0 Å². The van der Waals surface area contributed by atoms with Crippen LogP contribution in [0.2, 0.25) is 0 Å². The molecule has 2 aromatic carbocycles. The van der Waals surface area contributed by atoms with E-state index in [1.165, 1.54) is 13.5 Å². The molecule has 144 valence electrons. The van der Waals surface area contributed by atoms with Crippen molar-refractivity contribution in [3.63, 3.8) is 0 Å². The molecule has 0 saturated heterocycles. The number of hydrogen-bond donors (Lipinski definition) is 2. The lowest BCUT2D eigenvalue weighted by Gasteiger charge is -2.13. The van der Waals surface area contributed by atoms with Gasteiger partial charge in [0, 0.05) is 37.2 Å². The number of nitrogens with one attached hydrogen (secondary N) is 2. The first-order chi connectivity index (χ1) is 13.5. The number of rotatable bonds is 5. The van der Waals surface area contributed by atoms with Gasteiger partial charge in [-0.3, -0.25) is 9.59 Å². The summed E-state index contributed by atoms with van der Waals surface area (Å²) in [5, 5.41) is 5.12. The molecule has 3 rings (SSSR count). The van der Waals surface area contributed by atoms with Crippen LogP contribution in [0.5, 0.6) is 5.75 Å². The van der Waals surface area contributed by atoms with Crippen LogP contribution in [0.3, 0.4) is 0 Å². The van der Waals surface area contributed by atoms with Gasteiger partial charge in [0.1, 0.15) is 5.75 Å². The van der Waals surface area contributed by atoms with E-state index in [-0.39, 0.29) is 0 Å². The second kappa shape index (κ2) is 8.26. The van der Waals surface area contributed by atoms with E-state index in [1.54, 1.807) is 36.5 Å². The fourth-order valence-corrected chi connectivity index (χ4v) is 2.54. The van der Waals surface area contributed by atoms with Gasteiger partial charge in [-0.15, -0.1) is 0 Å². The number of carbonyl (C=O) groups is 2. The van der Waals surface area contributed by atoms with E-state index >= 15 is 0 Å². The Kier molecular flexibility index (Phi) is 5.59. The van der Waals surface area contributed by atoms with Gasteiger partial charge in [0.05, 0.1) is 18.9 Å². The van der Waals surface area contributed by atoms with E-state index in [1.807, 2.05) is 31.1 Å². The zero-order valence-corrected chi connectivity index (χ0v) is 15.7. The second-order valence-electron chi connectivity index (χ2n) is 6.13. The Hall–Kier alpha value is -3.81. The van der Waals surface area contributed by atoms with Gasteiger partial charge < -0.3 is 24.7 Å². The Balaban J connectivity index is 1.67. The summed E-state index contributed by atoms with van der Waals surface area (Å²) in [7, 11) is 5.34. The van der Waals surface area contributed by atoms with Crippen LogP contribution >= 0.6 is 0 Å². The molecule has 0 atom stereocenters. The average molecular weight is 380 g/mol. The highest BCUT2D eigenvalue weighted by molar-refractivity contribution is 6.43. The van der Waals surface area contributed by atoms with Gasteiger partial charge in [-0.05, 0) is 36.4 Å². The average Bonchev–Trinajstić information content (AvgIpc) is 3.22. The SMILES string of the molecule is COc1cc(NC(=O)C(=O)Nc2ccc(N(C)C)cc2)ccc1-c1cnco1. The highest BCUT2D eigenvalue weighted by Gasteiger charge is 2.16. The molecular weight excluding hydrogens is 360 g/mol. The lowest BCUT2D eigenvalue weighted by molar-refractivity contribution is -0.132. The van der Waals surface area contributed by atoms with Gasteiger partial charge in [0.25, 0.3) is 0 Å². The van der Waals surface area contributed by atoms with Gasteiger partial charge in [-0.2, -0.15) is 0 Å². The summed E-state index contributed by atoms with van der Waals surface area (Å²) in [6.07, 6.45) is 2.88. The third-order valence-corrected chi connectivity index (χ3v) is 4.00.